The lowest BCUT2D eigenvalue weighted by Gasteiger charge is -2.05. The Hall–Kier alpha value is -2.26. The van der Waals surface area contributed by atoms with Gasteiger partial charge in [0.2, 0.25) is 0 Å². The first-order valence-electron chi connectivity index (χ1n) is 7.84. The molecule has 4 rings (SSSR count). The second-order valence-corrected chi connectivity index (χ2v) is 5.82. The summed E-state index contributed by atoms with van der Waals surface area (Å²) in [6.45, 7) is 2.12. The third-order valence-corrected chi connectivity index (χ3v) is 4.52. The summed E-state index contributed by atoms with van der Waals surface area (Å²) in [5, 5.41) is 4.84. The average Bonchev–Trinajstić information content (AvgIpc) is 2.75. The van der Waals surface area contributed by atoms with Gasteiger partial charge < -0.3 is 15.0 Å². The van der Waals surface area contributed by atoms with E-state index < -0.39 is 0 Å². The van der Waals surface area contributed by atoms with Crippen LogP contribution in [-0.4, -0.2) is 25.2 Å². The fourth-order valence-electron chi connectivity index (χ4n) is 3.32. The molecule has 1 aliphatic heterocycles. The van der Waals surface area contributed by atoms with Gasteiger partial charge in [-0.15, -0.1) is 0 Å². The van der Waals surface area contributed by atoms with Crippen LogP contribution in [0.3, 0.4) is 0 Å². The van der Waals surface area contributed by atoms with Crippen molar-refractivity contribution in [3.63, 3.8) is 0 Å². The number of aromatic nitrogens is 1. The summed E-state index contributed by atoms with van der Waals surface area (Å²) in [4.78, 5) is 3.59. The minimum absolute atomic E-state index is 0.895. The molecule has 1 aliphatic rings. The molecule has 0 radical (unpaired) electrons. The molecule has 0 amide bonds. The van der Waals surface area contributed by atoms with Gasteiger partial charge in [0.05, 0.1) is 7.11 Å². The minimum Gasteiger partial charge on any atom is -0.497 e. The molecule has 3 heteroatoms. The maximum absolute atomic E-state index is 5.24. The van der Waals surface area contributed by atoms with E-state index in [-0.39, 0.29) is 0 Å². The van der Waals surface area contributed by atoms with Crippen LogP contribution < -0.4 is 10.1 Å². The maximum Gasteiger partial charge on any atom is 0.118 e. The van der Waals surface area contributed by atoms with Gasteiger partial charge in [-0.1, -0.05) is 18.2 Å². The highest BCUT2D eigenvalue weighted by atomic mass is 16.5. The quantitative estimate of drug-likeness (QED) is 0.758. The topological polar surface area (TPSA) is 37.0 Å². The first-order chi connectivity index (χ1) is 10.8. The van der Waals surface area contributed by atoms with Crippen LogP contribution in [0.25, 0.3) is 22.0 Å². The second kappa shape index (κ2) is 5.50. The molecule has 0 saturated heterocycles. The molecule has 2 N–H and O–H groups in total. The SMILES string of the molecule is COc1ccc(-c2ccc3[nH]c4c(c3c2)CCNCC4)cc1. The van der Waals surface area contributed by atoms with E-state index in [0.29, 0.717) is 0 Å². The number of H-pyrrole nitrogens is 1. The third-order valence-electron chi connectivity index (χ3n) is 4.52. The number of methoxy groups -OCH3 is 1. The first-order valence-corrected chi connectivity index (χ1v) is 7.84. The van der Waals surface area contributed by atoms with Gasteiger partial charge in [-0.05, 0) is 53.9 Å². The second-order valence-electron chi connectivity index (χ2n) is 5.82. The minimum atomic E-state index is 0.895. The summed E-state index contributed by atoms with van der Waals surface area (Å²) >= 11 is 0. The van der Waals surface area contributed by atoms with Gasteiger partial charge in [-0.2, -0.15) is 0 Å². The third kappa shape index (κ3) is 2.28. The predicted molar refractivity (Wildman–Crippen MR) is 90.6 cm³/mol. The molecule has 3 aromatic rings. The number of fused-ring (bicyclic) bond motifs is 3. The van der Waals surface area contributed by atoms with Gasteiger partial charge in [0.15, 0.2) is 0 Å². The highest BCUT2D eigenvalue weighted by molar-refractivity contribution is 5.89. The van der Waals surface area contributed by atoms with E-state index >= 15 is 0 Å². The average molecular weight is 292 g/mol. The monoisotopic (exact) mass is 292 g/mol. The first kappa shape index (κ1) is 13.4. The van der Waals surface area contributed by atoms with Crippen LogP contribution in [0.4, 0.5) is 0 Å². The van der Waals surface area contributed by atoms with Crippen molar-refractivity contribution in [2.45, 2.75) is 12.8 Å². The van der Waals surface area contributed by atoms with Gasteiger partial charge in [-0.3, -0.25) is 0 Å². The smallest absolute Gasteiger partial charge is 0.118 e. The van der Waals surface area contributed by atoms with E-state index in [0.717, 1.165) is 31.7 Å². The van der Waals surface area contributed by atoms with Crippen molar-refractivity contribution in [1.29, 1.82) is 0 Å². The van der Waals surface area contributed by atoms with E-state index in [9.17, 15) is 0 Å². The lowest BCUT2D eigenvalue weighted by Crippen LogP contribution is -2.16. The van der Waals surface area contributed by atoms with E-state index in [4.69, 9.17) is 4.74 Å². The van der Waals surface area contributed by atoms with Crippen molar-refractivity contribution in [3.05, 3.63) is 53.7 Å². The number of rotatable bonds is 2. The molecule has 22 heavy (non-hydrogen) atoms. The fraction of sp³-hybridized carbons (Fsp3) is 0.263. The molecule has 0 atom stereocenters. The Bertz CT molecular complexity index is 802. The number of ether oxygens (including phenoxy) is 1. The number of aromatic amines is 1. The summed E-state index contributed by atoms with van der Waals surface area (Å²) < 4.78 is 5.24. The Balaban J connectivity index is 1.80. The van der Waals surface area contributed by atoms with E-state index in [2.05, 4.69) is 40.6 Å². The van der Waals surface area contributed by atoms with Crippen LogP contribution in [0.5, 0.6) is 5.75 Å². The summed E-state index contributed by atoms with van der Waals surface area (Å²) in [7, 11) is 1.70. The van der Waals surface area contributed by atoms with Gasteiger partial charge in [0.1, 0.15) is 5.75 Å². The number of benzene rings is 2. The van der Waals surface area contributed by atoms with Crippen LogP contribution in [-0.2, 0) is 12.8 Å². The van der Waals surface area contributed by atoms with Crippen LogP contribution in [0.15, 0.2) is 42.5 Å². The molecule has 0 fully saturated rings. The van der Waals surface area contributed by atoms with Gasteiger partial charge >= 0.3 is 0 Å². The zero-order chi connectivity index (χ0) is 14.9. The number of nitrogens with one attached hydrogen (secondary N) is 2. The van der Waals surface area contributed by atoms with Crippen molar-refractivity contribution in [2.24, 2.45) is 0 Å². The van der Waals surface area contributed by atoms with Crippen LogP contribution in [0.1, 0.15) is 11.3 Å². The Morgan fingerprint density at radius 1 is 0.909 bits per heavy atom. The maximum atomic E-state index is 5.24. The zero-order valence-corrected chi connectivity index (χ0v) is 12.8. The molecule has 2 aromatic carbocycles. The Morgan fingerprint density at radius 2 is 1.68 bits per heavy atom. The molecule has 0 aliphatic carbocycles. The molecule has 0 spiro atoms. The Morgan fingerprint density at radius 3 is 2.50 bits per heavy atom. The largest absolute Gasteiger partial charge is 0.497 e. The van der Waals surface area contributed by atoms with E-state index in [1.54, 1.807) is 7.11 Å². The Labute approximate surface area is 130 Å². The van der Waals surface area contributed by atoms with E-state index in [1.807, 2.05) is 12.1 Å². The van der Waals surface area contributed by atoms with Gasteiger partial charge in [0.25, 0.3) is 0 Å². The normalized spacial score (nSPS) is 14.6. The van der Waals surface area contributed by atoms with Gasteiger partial charge in [0, 0.05) is 29.6 Å². The molecule has 0 saturated carbocycles. The van der Waals surface area contributed by atoms with Crippen LogP contribution in [0.2, 0.25) is 0 Å². The van der Waals surface area contributed by atoms with E-state index in [1.165, 1.54) is 33.3 Å². The molecular formula is C19H20N2O. The molecule has 0 unspecified atom stereocenters. The molecule has 1 aromatic heterocycles. The summed E-state index contributed by atoms with van der Waals surface area (Å²) in [6, 6.07) is 15.0. The molecule has 3 nitrogen and oxygen atoms in total. The lowest BCUT2D eigenvalue weighted by atomic mass is 10.0. The molecule has 112 valence electrons. The predicted octanol–water partition coefficient (Wildman–Crippen LogP) is 3.53. The Kier molecular flexibility index (Phi) is 3.35. The van der Waals surface area contributed by atoms with Crippen molar-refractivity contribution in [3.8, 4) is 16.9 Å². The lowest BCUT2D eigenvalue weighted by molar-refractivity contribution is 0.415. The number of hydrogen-bond donors (Lipinski definition) is 2. The van der Waals surface area contributed by atoms with Crippen molar-refractivity contribution in [2.75, 3.05) is 20.2 Å². The fourth-order valence-corrected chi connectivity index (χ4v) is 3.32. The highest BCUT2D eigenvalue weighted by Gasteiger charge is 2.14. The van der Waals surface area contributed by atoms with Crippen molar-refractivity contribution >= 4 is 10.9 Å². The molecule has 2 heterocycles. The van der Waals surface area contributed by atoms with Crippen LogP contribution >= 0.6 is 0 Å². The molecule has 0 bridgehead atoms. The zero-order valence-electron chi connectivity index (χ0n) is 12.8. The summed E-state index contributed by atoms with van der Waals surface area (Å²) in [5.74, 6) is 0.895. The summed E-state index contributed by atoms with van der Waals surface area (Å²) in [6.07, 6.45) is 2.18. The van der Waals surface area contributed by atoms with Crippen LogP contribution in [0, 0.1) is 0 Å². The summed E-state index contributed by atoms with van der Waals surface area (Å²) in [5.41, 5.74) is 6.62. The van der Waals surface area contributed by atoms with Gasteiger partial charge in [-0.25, -0.2) is 0 Å². The van der Waals surface area contributed by atoms with Crippen molar-refractivity contribution in [1.82, 2.24) is 10.3 Å². The highest BCUT2D eigenvalue weighted by Crippen LogP contribution is 2.30. The molecular weight excluding hydrogens is 272 g/mol. The van der Waals surface area contributed by atoms with Crippen molar-refractivity contribution < 1.29 is 4.74 Å². The number of hydrogen-bond acceptors (Lipinski definition) is 2. The standard InChI is InChI=1S/C19H20N2O/c1-22-15-5-2-13(3-6-15)14-4-7-18-17(12-14)16-8-10-20-11-9-19(16)21-18/h2-7,12,20-21H,8-11H2,1H3.